The molecule has 2 aromatic carbocycles. The van der Waals surface area contributed by atoms with Crippen LogP contribution in [0.25, 0.3) is 11.3 Å². The molecule has 4 heteroatoms. The molecule has 0 saturated heterocycles. The van der Waals surface area contributed by atoms with Crippen LogP contribution < -0.4 is 5.32 Å². The van der Waals surface area contributed by atoms with Crippen molar-refractivity contribution in [1.82, 2.24) is 4.98 Å². The van der Waals surface area contributed by atoms with Crippen molar-refractivity contribution in [1.29, 1.82) is 0 Å². The molecular weight excluding hydrogens is 328 g/mol. The van der Waals surface area contributed by atoms with Gasteiger partial charge >= 0.3 is 0 Å². The molecule has 0 spiro atoms. The van der Waals surface area contributed by atoms with E-state index in [1.807, 2.05) is 35.7 Å². The molecule has 0 unspecified atom stereocenters. The Morgan fingerprint density at radius 3 is 2.52 bits per heavy atom. The minimum absolute atomic E-state index is 0.00145. The lowest BCUT2D eigenvalue weighted by molar-refractivity contribution is -0.116. The average molecular weight is 350 g/mol. The number of hydrogen-bond acceptors (Lipinski definition) is 3. The first-order valence-corrected chi connectivity index (χ1v) is 9.28. The predicted octanol–water partition coefficient (Wildman–Crippen LogP) is 5.31. The van der Waals surface area contributed by atoms with Gasteiger partial charge in [0, 0.05) is 17.4 Å². The minimum atomic E-state index is 0.00145. The number of nitrogens with zero attached hydrogens (tertiary/aromatic N) is 1. The van der Waals surface area contributed by atoms with Gasteiger partial charge in [0.05, 0.1) is 5.69 Å². The van der Waals surface area contributed by atoms with Crippen LogP contribution in [-0.4, -0.2) is 10.9 Å². The van der Waals surface area contributed by atoms with E-state index in [0.29, 0.717) is 11.6 Å². The maximum atomic E-state index is 12.2. The lowest BCUT2D eigenvalue weighted by atomic mass is 9.99. The third kappa shape index (κ3) is 4.34. The van der Waals surface area contributed by atoms with Gasteiger partial charge in [-0.3, -0.25) is 4.79 Å². The highest BCUT2D eigenvalue weighted by Crippen LogP contribution is 2.29. The van der Waals surface area contributed by atoms with Gasteiger partial charge in [-0.05, 0) is 55.5 Å². The standard InChI is InChI=1S/C21H22N2OS/c1-14-11-16(3)18(12-15(14)2)19-13-25-21(22-19)23-20(24)10-9-17-7-5-4-6-8-17/h4-8,11-13H,9-10H2,1-3H3,(H,22,23,24). The molecule has 1 N–H and O–H groups in total. The first-order chi connectivity index (χ1) is 12.0. The molecule has 0 aliphatic heterocycles. The monoisotopic (exact) mass is 350 g/mol. The number of amides is 1. The van der Waals surface area contributed by atoms with E-state index in [1.165, 1.54) is 33.6 Å². The molecule has 1 aromatic heterocycles. The van der Waals surface area contributed by atoms with Crippen molar-refractivity contribution in [2.45, 2.75) is 33.6 Å². The fourth-order valence-corrected chi connectivity index (χ4v) is 3.50. The first-order valence-electron chi connectivity index (χ1n) is 8.40. The normalized spacial score (nSPS) is 10.7. The summed E-state index contributed by atoms with van der Waals surface area (Å²) in [4.78, 5) is 16.7. The topological polar surface area (TPSA) is 42.0 Å². The molecule has 1 heterocycles. The van der Waals surface area contributed by atoms with Crippen LogP contribution in [-0.2, 0) is 11.2 Å². The molecule has 0 fully saturated rings. The third-order valence-corrected chi connectivity index (χ3v) is 5.11. The Morgan fingerprint density at radius 1 is 1.04 bits per heavy atom. The van der Waals surface area contributed by atoms with Gasteiger partial charge in [-0.2, -0.15) is 0 Å². The summed E-state index contributed by atoms with van der Waals surface area (Å²) in [5, 5.41) is 5.58. The number of anilines is 1. The van der Waals surface area contributed by atoms with Gasteiger partial charge < -0.3 is 5.32 Å². The lowest BCUT2D eigenvalue weighted by Gasteiger charge is -2.07. The van der Waals surface area contributed by atoms with Gasteiger partial charge in [0.2, 0.25) is 5.91 Å². The van der Waals surface area contributed by atoms with E-state index in [2.05, 4.69) is 43.2 Å². The lowest BCUT2D eigenvalue weighted by Crippen LogP contribution is -2.12. The van der Waals surface area contributed by atoms with Gasteiger partial charge in [-0.1, -0.05) is 36.4 Å². The highest BCUT2D eigenvalue weighted by atomic mass is 32.1. The summed E-state index contributed by atoms with van der Waals surface area (Å²) in [6.07, 6.45) is 1.20. The van der Waals surface area contributed by atoms with Crippen molar-refractivity contribution in [3.63, 3.8) is 0 Å². The molecule has 0 aliphatic carbocycles. The molecule has 0 aliphatic rings. The number of aromatic nitrogens is 1. The maximum Gasteiger partial charge on any atom is 0.226 e. The number of thiazole rings is 1. The average Bonchev–Trinajstić information content (AvgIpc) is 3.05. The molecule has 3 aromatic rings. The van der Waals surface area contributed by atoms with E-state index in [9.17, 15) is 4.79 Å². The number of carbonyl (C=O) groups is 1. The van der Waals surface area contributed by atoms with Crippen LogP contribution in [0.15, 0.2) is 47.8 Å². The van der Waals surface area contributed by atoms with E-state index in [4.69, 9.17) is 0 Å². The summed E-state index contributed by atoms with van der Waals surface area (Å²) in [5.74, 6) is 0.00145. The van der Waals surface area contributed by atoms with Crippen LogP contribution in [0, 0.1) is 20.8 Å². The molecule has 0 atom stereocenters. The Balaban J connectivity index is 1.65. The minimum Gasteiger partial charge on any atom is -0.302 e. The summed E-state index contributed by atoms with van der Waals surface area (Å²) in [6.45, 7) is 6.32. The fourth-order valence-electron chi connectivity index (χ4n) is 2.78. The third-order valence-electron chi connectivity index (χ3n) is 4.35. The van der Waals surface area contributed by atoms with Gasteiger partial charge in [0.25, 0.3) is 0 Å². The Hall–Kier alpha value is -2.46. The van der Waals surface area contributed by atoms with E-state index < -0.39 is 0 Å². The first kappa shape index (κ1) is 17.4. The van der Waals surface area contributed by atoms with E-state index in [0.717, 1.165) is 17.7 Å². The van der Waals surface area contributed by atoms with Crippen molar-refractivity contribution in [3.05, 3.63) is 70.1 Å². The number of rotatable bonds is 5. The van der Waals surface area contributed by atoms with Crippen molar-refractivity contribution in [2.24, 2.45) is 0 Å². The summed E-state index contributed by atoms with van der Waals surface area (Å²) >= 11 is 1.47. The van der Waals surface area contributed by atoms with Crippen molar-refractivity contribution >= 4 is 22.4 Å². The second-order valence-electron chi connectivity index (χ2n) is 6.32. The highest BCUT2D eigenvalue weighted by molar-refractivity contribution is 7.14. The molecule has 0 radical (unpaired) electrons. The Kier molecular flexibility index (Phi) is 5.29. The number of nitrogens with one attached hydrogen (secondary N) is 1. The van der Waals surface area contributed by atoms with Crippen LogP contribution in [0.5, 0.6) is 0 Å². The zero-order chi connectivity index (χ0) is 17.8. The van der Waals surface area contributed by atoms with Crippen LogP contribution >= 0.6 is 11.3 Å². The molecule has 25 heavy (non-hydrogen) atoms. The number of aryl methyl sites for hydroxylation is 4. The largest absolute Gasteiger partial charge is 0.302 e. The SMILES string of the molecule is Cc1cc(C)c(-c2csc(NC(=O)CCc3ccccc3)n2)cc1C. The molecule has 1 amide bonds. The molecule has 0 bridgehead atoms. The smallest absolute Gasteiger partial charge is 0.226 e. The number of benzene rings is 2. The van der Waals surface area contributed by atoms with Crippen molar-refractivity contribution < 1.29 is 4.79 Å². The van der Waals surface area contributed by atoms with E-state index >= 15 is 0 Å². The summed E-state index contributed by atoms with van der Waals surface area (Å²) in [6, 6.07) is 14.4. The van der Waals surface area contributed by atoms with Crippen LogP contribution in [0.3, 0.4) is 0 Å². The van der Waals surface area contributed by atoms with Crippen LogP contribution in [0.2, 0.25) is 0 Å². The number of carbonyl (C=O) groups excluding carboxylic acids is 1. The Labute approximate surface area is 152 Å². The Morgan fingerprint density at radius 2 is 1.76 bits per heavy atom. The number of hydrogen-bond donors (Lipinski definition) is 1. The molecule has 3 nitrogen and oxygen atoms in total. The second-order valence-corrected chi connectivity index (χ2v) is 7.18. The highest BCUT2D eigenvalue weighted by Gasteiger charge is 2.11. The van der Waals surface area contributed by atoms with Crippen molar-refractivity contribution in [2.75, 3.05) is 5.32 Å². The van der Waals surface area contributed by atoms with Gasteiger partial charge in [0.15, 0.2) is 5.13 Å². The fraction of sp³-hybridized carbons (Fsp3) is 0.238. The zero-order valence-electron chi connectivity index (χ0n) is 14.8. The van der Waals surface area contributed by atoms with E-state index in [-0.39, 0.29) is 5.91 Å². The molecule has 0 saturated carbocycles. The van der Waals surface area contributed by atoms with Crippen LogP contribution in [0.1, 0.15) is 28.7 Å². The zero-order valence-corrected chi connectivity index (χ0v) is 15.6. The molecule has 3 rings (SSSR count). The second kappa shape index (κ2) is 7.62. The maximum absolute atomic E-state index is 12.2. The predicted molar refractivity (Wildman–Crippen MR) is 105 cm³/mol. The Bertz CT molecular complexity index is 884. The summed E-state index contributed by atoms with van der Waals surface area (Å²) in [5.41, 5.74) is 6.96. The van der Waals surface area contributed by atoms with E-state index in [1.54, 1.807) is 0 Å². The van der Waals surface area contributed by atoms with Crippen LogP contribution in [0.4, 0.5) is 5.13 Å². The van der Waals surface area contributed by atoms with Gasteiger partial charge in [-0.15, -0.1) is 11.3 Å². The molecule has 128 valence electrons. The molecular formula is C21H22N2OS. The van der Waals surface area contributed by atoms with Gasteiger partial charge in [-0.25, -0.2) is 4.98 Å². The van der Waals surface area contributed by atoms with Crippen molar-refractivity contribution in [3.8, 4) is 11.3 Å². The summed E-state index contributed by atoms with van der Waals surface area (Å²) < 4.78 is 0. The quantitative estimate of drug-likeness (QED) is 0.678. The summed E-state index contributed by atoms with van der Waals surface area (Å²) in [7, 11) is 0. The van der Waals surface area contributed by atoms with Gasteiger partial charge in [0.1, 0.15) is 0 Å².